The lowest BCUT2D eigenvalue weighted by Crippen LogP contribution is -2.35. The van der Waals surface area contributed by atoms with Gasteiger partial charge in [0.15, 0.2) is 0 Å². The van der Waals surface area contributed by atoms with Gasteiger partial charge in [0, 0.05) is 23.6 Å². The molecular formula is C18H27NO4. The summed E-state index contributed by atoms with van der Waals surface area (Å²) in [6.07, 6.45) is 2.66. The van der Waals surface area contributed by atoms with E-state index < -0.39 is 5.60 Å². The maximum absolute atomic E-state index is 11.9. The number of hydrogen-bond acceptors (Lipinski definition) is 4. The van der Waals surface area contributed by atoms with Crippen molar-refractivity contribution in [3.63, 3.8) is 0 Å². The van der Waals surface area contributed by atoms with Gasteiger partial charge in [-0.05, 0) is 52.2 Å². The number of hydrogen-bond donors (Lipinski definition) is 1. The average molecular weight is 321 g/mol. The summed E-state index contributed by atoms with van der Waals surface area (Å²) in [5, 5.41) is 2.88. The Kier molecular flexibility index (Phi) is 5.39. The molecular weight excluding hydrogens is 294 g/mol. The number of ether oxygens (including phenoxy) is 3. The maximum Gasteiger partial charge on any atom is 0.407 e. The Morgan fingerprint density at radius 3 is 2.48 bits per heavy atom. The van der Waals surface area contributed by atoms with Gasteiger partial charge in [-0.2, -0.15) is 0 Å². The molecule has 0 spiro atoms. The minimum atomic E-state index is -0.491. The van der Waals surface area contributed by atoms with Crippen LogP contribution in [0.1, 0.15) is 50.7 Å². The highest BCUT2D eigenvalue weighted by Crippen LogP contribution is 2.42. The molecule has 23 heavy (non-hydrogen) atoms. The first-order valence-electron chi connectivity index (χ1n) is 8.06. The van der Waals surface area contributed by atoms with Gasteiger partial charge in [-0.3, -0.25) is 0 Å². The standard InChI is InChI=1S/C18H27NO4/c1-18(2,3)23-17(20)19-11-12-7-6-8-13-14(21-4)9-10-15(22-5)16(12)13/h9-10,12H,6-8,11H2,1-5H3,(H,19,20). The van der Waals surface area contributed by atoms with Crippen LogP contribution < -0.4 is 14.8 Å². The number of carbonyl (C=O) groups is 1. The van der Waals surface area contributed by atoms with E-state index in [1.54, 1.807) is 14.2 Å². The zero-order chi connectivity index (χ0) is 17.0. The summed E-state index contributed by atoms with van der Waals surface area (Å²) >= 11 is 0. The van der Waals surface area contributed by atoms with Crippen molar-refractivity contribution >= 4 is 6.09 Å². The van der Waals surface area contributed by atoms with E-state index in [-0.39, 0.29) is 12.0 Å². The Hall–Kier alpha value is -1.91. The van der Waals surface area contributed by atoms with Crippen LogP contribution in [0.2, 0.25) is 0 Å². The molecule has 0 saturated heterocycles. The fourth-order valence-electron chi connectivity index (χ4n) is 3.09. The SMILES string of the molecule is COc1ccc(OC)c2c1CCCC2CNC(=O)OC(C)(C)C. The molecule has 1 unspecified atom stereocenters. The molecule has 1 atom stereocenters. The molecule has 2 rings (SSSR count). The van der Waals surface area contributed by atoms with Crippen LogP contribution in [0.25, 0.3) is 0 Å². The lowest BCUT2D eigenvalue weighted by Gasteiger charge is -2.29. The first-order chi connectivity index (χ1) is 10.9. The van der Waals surface area contributed by atoms with Crippen molar-refractivity contribution in [3.8, 4) is 11.5 Å². The predicted octanol–water partition coefficient (Wildman–Crippen LogP) is 3.65. The molecule has 1 aliphatic rings. The number of benzene rings is 1. The van der Waals surface area contributed by atoms with Crippen molar-refractivity contribution in [2.75, 3.05) is 20.8 Å². The fourth-order valence-corrected chi connectivity index (χ4v) is 3.09. The van der Waals surface area contributed by atoms with Crippen LogP contribution in [0.15, 0.2) is 12.1 Å². The Morgan fingerprint density at radius 2 is 1.87 bits per heavy atom. The van der Waals surface area contributed by atoms with Crippen molar-refractivity contribution in [3.05, 3.63) is 23.3 Å². The molecule has 1 aliphatic carbocycles. The highest BCUT2D eigenvalue weighted by Gasteiger charge is 2.27. The van der Waals surface area contributed by atoms with E-state index in [0.717, 1.165) is 36.3 Å². The molecule has 0 bridgehead atoms. The molecule has 0 saturated carbocycles. The van der Waals surface area contributed by atoms with Gasteiger partial charge < -0.3 is 19.5 Å². The first-order valence-corrected chi connectivity index (χ1v) is 8.06. The minimum absolute atomic E-state index is 0.205. The molecule has 0 aliphatic heterocycles. The highest BCUT2D eigenvalue weighted by molar-refractivity contribution is 5.68. The molecule has 1 aromatic rings. The van der Waals surface area contributed by atoms with Crippen LogP contribution in [-0.2, 0) is 11.2 Å². The van der Waals surface area contributed by atoms with Gasteiger partial charge in [0.25, 0.3) is 0 Å². The molecule has 1 aromatic carbocycles. The molecule has 0 heterocycles. The van der Waals surface area contributed by atoms with E-state index >= 15 is 0 Å². The van der Waals surface area contributed by atoms with Crippen molar-refractivity contribution < 1.29 is 19.0 Å². The number of alkyl carbamates (subject to hydrolysis) is 1. The lowest BCUT2D eigenvalue weighted by atomic mass is 9.81. The van der Waals surface area contributed by atoms with Gasteiger partial charge in [-0.25, -0.2) is 4.79 Å². The Balaban J connectivity index is 2.16. The number of methoxy groups -OCH3 is 2. The van der Waals surface area contributed by atoms with E-state index in [9.17, 15) is 4.79 Å². The summed E-state index contributed by atoms with van der Waals surface area (Å²) in [5.41, 5.74) is 1.85. The molecule has 0 radical (unpaired) electrons. The van der Waals surface area contributed by atoms with Gasteiger partial charge in [0.2, 0.25) is 0 Å². The second-order valence-electron chi connectivity index (χ2n) is 6.83. The van der Waals surface area contributed by atoms with Crippen LogP contribution in [0, 0.1) is 0 Å². The number of amides is 1. The van der Waals surface area contributed by atoms with Gasteiger partial charge in [-0.15, -0.1) is 0 Å². The summed E-state index contributed by atoms with van der Waals surface area (Å²) in [7, 11) is 3.36. The zero-order valence-corrected chi connectivity index (χ0v) is 14.7. The van der Waals surface area contributed by atoms with E-state index in [0.29, 0.717) is 6.54 Å². The topological polar surface area (TPSA) is 56.8 Å². The molecule has 1 amide bonds. The van der Waals surface area contributed by atoms with Gasteiger partial charge in [0.05, 0.1) is 14.2 Å². The number of carbonyl (C=O) groups excluding carboxylic acids is 1. The van der Waals surface area contributed by atoms with Crippen molar-refractivity contribution in [1.29, 1.82) is 0 Å². The van der Waals surface area contributed by atoms with Crippen molar-refractivity contribution in [2.45, 2.75) is 51.6 Å². The van der Waals surface area contributed by atoms with E-state index in [2.05, 4.69) is 5.32 Å². The largest absolute Gasteiger partial charge is 0.496 e. The second kappa shape index (κ2) is 7.11. The van der Waals surface area contributed by atoms with Gasteiger partial charge in [0.1, 0.15) is 17.1 Å². The van der Waals surface area contributed by atoms with E-state index in [1.165, 1.54) is 5.56 Å². The number of fused-ring (bicyclic) bond motifs is 1. The first kappa shape index (κ1) is 17.4. The van der Waals surface area contributed by atoms with Crippen LogP contribution in [0.5, 0.6) is 11.5 Å². The lowest BCUT2D eigenvalue weighted by molar-refractivity contribution is 0.0523. The third-order valence-electron chi connectivity index (χ3n) is 3.99. The van der Waals surface area contributed by atoms with E-state index in [4.69, 9.17) is 14.2 Å². The summed E-state index contributed by atoms with van der Waals surface area (Å²) in [6, 6.07) is 3.88. The van der Waals surface area contributed by atoms with Crippen LogP contribution in [0.4, 0.5) is 4.79 Å². The van der Waals surface area contributed by atoms with E-state index in [1.807, 2.05) is 32.9 Å². The Morgan fingerprint density at radius 1 is 1.22 bits per heavy atom. The minimum Gasteiger partial charge on any atom is -0.496 e. The van der Waals surface area contributed by atoms with Crippen molar-refractivity contribution in [2.24, 2.45) is 0 Å². The Labute approximate surface area is 138 Å². The summed E-state index contributed by atoms with van der Waals surface area (Å²) in [4.78, 5) is 11.9. The molecule has 5 nitrogen and oxygen atoms in total. The van der Waals surface area contributed by atoms with Crippen LogP contribution in [0.3, 0.4) is 0 Å². The molecule has 1 N–H and O–H groups in total. The molecule has 5 heteroatoms. The van der Waals surface area contributed by atoms with Gasteiger partial charge in [-0.1, -0.05) is 0 Å². The predicted molar refractivity (Wildman–Crippen MR) is 89.5 cm³/mol. The average Bonchev–Trinajstić information content (AvgIpc) is 2.50. The number of nitrogens with one attached hydrogen (secondary N) is 1. The quantitative estimate of drug-likeness (QED) is 0.919. The van der Waals surface area contributed by atoms with Crippen molar-refractivity contribution in [1.82, 2.24) is 5.32 Å². The third kappa shape index (κ3) is 4.30. The normalized spacial score (nSPS) is 17.2. The monoisotopic (exact) mass is 321 g/mol. The van der Waals surface area contributed by atoms with Gasteiger partial charge >= 0.3 is 6.09 Å². The molecule has 128 valence electrons. The number of rotatable bonds is 4. The third-order valence-corrected chi connectivity index (χ3v) is 3.99. The maximum atomic E-state index is 11.9. The smallest absolute Gasteiger partial charge is 0.407 e. The fraction of sp³-hybridized carbons (Fsp3) is 0.611. The summed E-state index contributed by atoms with van der Waals surface area (Å²) in [6.45, 7) is 6.11. The highest BCUT2D eigenvalue weighted by atomic mass is 16.6. The Bertz CT molecular complexity index is 563. The van der Waals surface area contributed by atoms with Crippen LogP contribution >= 0.6 is 0 Å². The summed E-state index contributed by atoms with van der Waals surface area (Å²) in [5.74, 6) is 1.95. The summed E-state index contributed by atoms with van der Waals surface area (Å²) < 4.78 is 16.3. The zero-order valence-electron chi connectivity index (χ0n) is 14.7. The molecule has 0 aromatic heterocycles. The molecule has 0 fully saturated rings. The second-order valence-corrected chi connectivity index (χ2v) is 6.83. The van der Waals surface area contributed by atoms with Crippen LogP contribution in [-0.4, -0.2) is 32.5 Å².